The molecule has 0 radical (unpaired) electrons. The maximum atomic E-state index is 11.5. The van der Waals surface area contributed by atoms with Crippen molar-refractivity contribution in [3.63, 3.8) is 0 Å². The number of aromatic nitrogens is 1. The van der Waals surface area contributed by atoms with E-state index in [-0.39, 0.29) is 11.9 Å². The van der Waals surface area contributed by atoms with Gasteiger partial charge in [0.25, 0.3) is 0 Å². The Morgan fingerprint density at radius 3 is 2.88 bits per heavy atom. The third kappa shape index (κ3) is 2.13. The van der Waals surface area contributed by atoms with Gasteiger partial charge in [0.2, 0.25) is 0 Å². The Morgan fingerprint density at radius 1 is 1.47 bits per heavy atom. The maximum Gasteiger partial charge on any atom is 0.313 e. The molecule has 1 N–H and O–H groups in total. The molecule has 0 unspecified atom stereocenters. The Hall–Kier alpha value is -2.28. The van der Waals surface area contributed by atoms with Gasteiger partial charge in [-0.15, -0.1) is 0 Å². The second-order valence-corrected chi connectivity index (χ2v) is 4.10. The fourth-order valence-corrected chi connectivity index (χ4v) is 1.48. The molecule has 0 fully saturated rings. The molecule has 0 saturated heterocycles. The second-order valence-electron chi connectivity index (χ2n) is 4.10. The molecule has 0 aliphatic carbocycles. The number of fused-ring (bicyclic) bond motifs is 1. The minimum atomic E-state index is -0.284. The van der Waals surface area contributed by atoms with Crippen LogP contribution in [0.2, 0.25) is 0 Å². The van der Waals surface area contributed by atoms with E-state index in [4.69, 9.17) is 10.00 Å². The van der Waals surface area contributed by atoms with Crippen LogP contribution in [0.25, 0.3) is 10.9 Å². The summed E-state index contributed by atoms with van der Waals surface area (Å²) in [5.41, 5.74) is 1.38. The summed E-state index contributed by atoms with van der Waals surface area (Å²) in [5.74, 6) is 0.00293. The van der Waals surface area contributed by atoms with Gasteiger partial charge in [0.05, 0.1) is 17.6 Å². The van der Waals surface area contributed by atoms with Crippen LogP contribution in [0.15, 0.2) is 24.4 Å². The van der Waals surface area contributed by atoms with Gasteiger partial charge in [-0.3, -0.25) is 4.79 Å². The highest BCUT2D eigenvalue weighted by molar-refractivity contribution is 5.89. The predicted octanol–water partition coefficient (Wildman–Crippen LogP) is 2.60. The number of esters is 1. The Balaban J connectivity index is 2.41. The topological polar surface area (TPSA) is 65.9 Å². The zero-order valence-electron chi connectivity index (χ0n) is 9.65. The first-order valence-corrected chi connectivity index (χ1v) is 5.34. The summed E-state index contributed by atoms with van der Waals surface area (Å²) in [6.07, 6.45) is 1.63. The molecule has 2 rings (SSSR count). The molecular weight excluding hydrogens is 216 g/mol. The Bertz CT molecular complexity index is 605. The molecule has 1 heterocycles. The first-order valence-electron chi connectivity index (χ1n) is 5.34. The second kappa shape index (κ2) is 4.30. The zero-order valence-corrected chi connectivity index (χ0v) is 9.65. The summed E-state index contributed by atoms with van der Waals surface area (Å²) in [6.45, 7) is 3.55. The lowest BCUT2D eigenvalue weighted by Gasteiger charge is -2.04. The summed E-state index contributed by atoms with van der Waals surface area (Å²) >= 11 is 0. The SMILES string of the molecule is CC(C)C(=O)Oc1c[nH]c2ccc(C#N)cc12. The lowest BCUT2D eigenvalue weighted by Crippen LogP contribution is -2.14. The average Bonchev–Trinajstić information content (AvgIpc) is 2.71. The van der Waals surface area contributed by atoms with Crippen molar-refractivity contribution in [3.05, 3.63) is 30.0 Å². The molecule has 4 heteroatoms. The number of hydrogen-bond acceptors (Lipinski definition) is 3. The van der Waals surface area contributed by atoms with Crippen molar-refractivity contribution < 1.29 is 9.53 Å². The number of nitrogens with one attached hydrogen (secondary N) is 1. The fourth-order valence-electron chi connectivity index (χ4n) is 1.48. The molecule has 86 valence electrons. The van der Waals surface area contributed by atoms with Crippen molar-refractivity contribution in [1.82, 2.24) is 4.98 Å². The molecule has 0 atom stereocenters. The van der Waals surface area contributed by atoms with Gasteiger partial charge in [-0.25, -0.2) is 0 Å². The van der Waals surface area contributed by atoms with Gasteiger partial charge in [0.1, 0.15) is 0 Å². The van der Waals surface area contributed by atoms with Crippen LogP contribution in [-0.4, -0.2) is 11.0 Å². The minimum absolute atomic E-state index is 0.181. The van der Waals surface area contributed by atoms with E-state index in [1.54, 1.807) is 38.2 Å². The molecule has 0 saturated carbocycles. The van der Waals surface area contributed by atoms with Crippen LogP contribution in [-0.2, 0) is 4.79 Å². The molecule has 1 aromatic heterocycles. The predicted molar refractivity (Wildman–Crippen MR) is 63.5 cm³/mol. The van der Waals surface area contributed by atoms with Gasteiger partial charge in [0.15, 0.2) is 5.75 Å². The van der Waals surface area contributed by atoms with Crippen molar-refractivity contribution in [2.45, 2.75) is 13.8 Å². The van der Waals surface area contributed by atoms with E-state index < -0.39 is 0 Å². The standard InChI is InChI=1S/C13H12N2O2/c1-8(2)13(16)17-12-7-15-11-4-3-9(6-14)5-10(11)12/h3-5,7-8,15H,1-2H3. The van der Waals surface area contributed by atoms with Crippen LogP contribution >= 0.6 is 0 Å². The van der Waals surface area contributed by atoms with E-state index in [1.165, 1.54) is 0 Å². The average molecular weight is 228 g/mol. The van der Waals surface area contributed by atoms with Crippen LogP contribution < -0.4 is 4.74 Å². The number of carbonyl (C=O) groups excluding carboxylic acids is 1. The zero-order chi connectivity index (χ0) is 12.4. The van der Waals surface area contributed by atoms with Gasteiger partial charge < -0.3 is 9.72 Å². The number of carbonyl (C=O) groups is 1. The van der Waals surface area contributed by atoms with Crippen molar-refractivity contribution in [2.24, 2.45) is 5.92 Å². The lowest BCUT2D eigenvalue weighted by atomic mass is 10.1. The summed E-state index contributed by atoms with van der Waals surface area (Å²) in [4.78, 5) is 14.5. The van der Waals surface area contributed by atoms with Gasteiger partial charge in [-0.2, -0.15) is 5.26 Å². The summed E-state index contributed by atoms with van der Waals surface area (Å²) in [6, 6.07) is 7.27. The van der Waals surface area contributed by atoms with Crippen LogP contribution in [0, 0.1) is 17.2 Å². The number of rotatable bonds is 2. The first kappa shape index (κ1) is 11.2. The maximum absolute atomic E-state index is 11.5. The van der Waals surface area contributed by atoms with Gasteiger partial charge in [0, 0.05) is 17.1 Å². The van der Waals surface area contributed by atoms with Gasteiger partial charge in [-0.1, -0.05) is 13.8 Å². The first-order chi connectivity index (χ1) is 8.11. The minimum Gasteiger partial charge on any atom is -0.424 e. The molecule has 0 aliphatic heterocycles. The fraction of sp³-hybridized carbons (Fsp3) is 0.231. The van der Waals surface area contributed by atoms with Crippen molar-refractivity contribution >= 4 is 16.9 Å². The summed E-state index contributed by atoms with van der Waals surface area (Å²) < 4.78 is 5.25. The van der Waals surface area contributed by atoms with E-state index in [9.17, 15) is 4.79 Å². The number of nitriles is 1. The number of H-pyrrole nitrogens is 1. The molecule has 4 nitrogen and oxygen atoms in total. The highest BCUT2D eigenvalue weighted by Crippen LogP contribution is 2.26. The summed E-state index contributed by atoms with van der Waals surface area (Å²) in [7, 11) is 0. The molecular formula is C13H12N2O2. The van der Waals surface area contributed by atoms with E-state index in [0.29, 0.717) is 11.3 Å². The third-order valence-corrected chi connectivity index (χ3v) is 2.45. The molecule has 0 aliphatic rings. The monoisotopic (exact) mass is 228 g/mol. The Labute approximate surface area is 98.8 Å². The van der Waals surface area contributed by atoms with Crippen LogP contribution in [0.4, 0.5) is 0 Å². The van der Waals surface area contributed by atoms with Gasteiger partial charge >= 0.3 is 5.97 Å². The van der Waals surface area contributed by atoms with E-state index in [2.05, 4.69) is 11.1 Å². The molecule has 1 aromatic carbocycles. The van der Waals surface area contributed by atoms with Crippen LogP contribution in [0.5, 0.6) is 5.75 Å². The molecule has 2 aromatic rings. The summed E-state index contributed by atoms with van der Waals surface area (Å²) in [5, 5.41) is 9.58. The van der Waals surface area contributed by atoms with Crippen LogP contribution in [0.3, 0.4) is 0 Å². The molecule has 17 heavy (non-hydrogen) atoms. The number of nitrogens with zero attached hydrogens (tertiary/aromatic N) is 1. The number of benzene rings is 1. The van der Waals surface area contributed by atoms with Crippen LogP contribution in [0.1, 0.15) is 19.4 Å². The number of ether oxygens (including phenoxy) is 1. The number of hydrogen-bond donors (Lipinski definition) is 1. The largest absolute Gasteiger partial charge is 0.424 e. The highest BCUT2D eigenvalue weighted by atomic mass is 16.5. The number of aromatic amines is 1. The normalized spacial score (nSPS) is 10.5. The van der Waals surface area contributed by atoms with Crippen molar-refractivity contribution in [1.29, 1.82) is 5.26 Å². The Kier molecular flexibility index (Phi) is 2.84. The smallest absolute Gasteiger partial charge is 0.313 e. The quantitative estimate of drug-likeness (QED) is 0.803. The van der Waals surface area contributed by atoms with Gasteiger partial charge in [-0.05, 0) is 18.2 Å². The molecule has 0 spiro atoms. The van der Waals surface area contributed by atoms with Crippen molar-refractivity contribution in [2.75, 3.05) is 0 Å². The molecule has 0 amide bonds. The van der Waals surface area contributed by atoms with E-state index >= 15 is 0 Å². The Morgan fingerprint density at radius 2 is 2.24 bits per heavy atom. The van der Waals surface area contributed by atoms with E-state index in [1.807, 2.05) is 0 Å². The van der Waals surface area contributed by atoms with E-state index in [0.717, 1.165) is 10.9 Å². The highest BCUT2D eigenvalue weighted by Gasteiger charge is 2.13. The lowest BCUT2D eigenvalue weighted by molar-refractivity contribution is -0.137. The molecule has 0 bridgehead atoms. The van der Waals surface area contributed by atoms with Crippen molar-refractivity contribution in [3.8, 4) is 11.8 Å². The third-order valence-electron chi connectivity index (χ3n) is 2.45.